The number of nitrogen functional groups attached to an aromatic ring is 1. The molecule has 5 heteroatoms. The standard InChI is InChI=1S/C18H25N3O2/c19-15-8-4-7-14(11-15)17(22)20-16-9-10-21(12-16)18(23)13-5-2-1-3-6-13/h4,7-8,11,13,16H,1-3,5-6,9-10,12,19H2,(H,20,22). The van der Waals surface area contributed by atoms with Crippen molar-refractivity contribution in [2.45, 2.75) is 44.6 Å². The van der Waals surface area contributed by atoms with Gasteiger partial charge in [0.1, 0.15) is 0 Å². The molecule has 2 aliphatic rings. The van der Waals surface area contributed by atoms with Crippen molar-refractivity contribution in [2.24, 2.45) is 5.92 Å². The lowest BCUT2D eigenvalue weighted by molar-refractivity contribution is -0.135. The van der Waals surface area contributed by atoms with Gasteiger partial charge in [0.05, 0.1) is 0 Å². The van der Waals surface area contributed by atoms with Crippen molar-refractivity contribution < 1.29 is 9.59 Å². The van der Waals surface area contributed by atoms with Crippen LogP contribution in [-0.4, -0.2) is 35.8 Å². The van der Waals surface area contributed by atoms with Crippen LogP contribution in [0.5, 0.6) is 0 Å². The van der Waals surface area contributed by atoms with Crippen LogP contribution in [0, 0.1) is 5.92 Å². The molecule has 124 valence electrons. The average molecular weight is 315 g/mol. The summed E-state index contributed by atoms with van der Waals surface area (Å²) < 4.78 is 0. The van der Waals surface area contributed by atoms with Crippen molar-refractivity contribution in [2.75, 3.05) is 18.8 Å². The van der Waals surface area contributed by atoms with Gasteiger partial charge in [-0.15, -0.1) is 0 Å². The minimum Gasteiger partial charge on any atom is -0.399 e. The first-order valence-corrected chi connectivity index (χ1v) is 8.58. The Morgan fingerprint density at radius 1 is 1.13 bits per heavy atom. The van der Waals surface area contributed by atoms with E-state index in [-0.39, 0.29) is 23.8 Å². The fraction of sp³-hybridized carbons (Fsp3) is 0.556. The summed E-state index contributed by atoms with van der Waals surface area (Å²) >= 11 is 0. The molecule has 0 aromatic heterocycles. The third-order valence-corrected chi connectivity index (χ3v) is 4.94. The van der Waals surface area contributed by atoms with E-state index >= 15 is 0 Å². The van der Waals surface area contributed by atoms with Gasteiger partial charge in [0.15, 0.2) is 0 Å². The highest BCUT2D eigenvalue weighted by atomic mass is 16.2. The molecule has 0 radical (unpaired) electrons. The number of likely N-dealkylation sites (tertiary alicyclic amines) is 1. The largest absolute Gasteiger partial charge is 0.399 e. The number of benzene rings is 1. The number of anilines is 1. The van der Waals surface area contributed by atoms with Crippen LogP contribution in [0.1, 0.15) is 48.9 Å². The van der Waals surface area contributed by atoms with E-state index in [9.17, 15) is 9.59 Å². The zero-order chi connectivity index (χ0) is 16.2. The van der Waals surface area contributed by atoms with Crippen LogP contribution < -0.4 is 11.1 Å². The van der Waals surface area contributed by atoms with Gasteiger partial charge < -0.3 is 16.0 Å². The SMILES string of the molecule is Nc1cccc(C(=O)NC2CCN(C(=O)C3CCCCC3)C2)c1. The van der Waals surface area contributed by atoms with Gasteiger partial charge in [0, 0.05) is 36.3 Å². The van der Waals surface area contributed by atoms with Crippen LogP contribution in [0.15, 0.2) is 24.3 Å². The van der Waals surface area contributed by atoms with Crippen LogP contribution in [0.25, 0.3) is 0 Å². The Kier molecular flexibility index (Phi) is 4.84. The molecule has 1 saturated heterocycles. The number of nitrogens with two attached hydrogens (primary N) is 1. The topological polar surface area (TPSA) is 75.4 Å². The number of rotatable bonds is 3. The summed E-state index contributed by atoms with van der Waals surface area (Å²) in [7, 11) is 0. The molecule has 1 saturated carbocycles. The van der Waals surface area contributed by atoms with E-state index in [4.69, 9.17) is 5.73 Å². The molecule has 23 heavy (non-hydrogen) atoms. The molecule has 1 atom stereocenters. The molecule has 2 fully saturated rings. The molecule has 1 aliphatic heterocycles. The molecule has 1 unspecified atom stereocenters. The van der Waals surface area contributed by atoms with Crippen LogP contribution >= 0.6 is 0 Å². The summed E-state index contributed by atoms with van der Waals surface area (Å²) in [5.41, 5.74) is 6.87. The monoisotopic (exact) mass is 315 g/mol. The van der Waals surface area contributed by atoms with Gasteiger partial charge in [-0.05, 0) is 37.5 Å². The first kappa shape index (κ1) is 15.8. The minimum absolute atomic E-state index is 0.0384. The maximum Gasteiger partial charge on any atom is 0.251 e. The van der Waals surface area contributed by atoms with Crippen LogP contribution in [0.4, 0.5) is 5.69 Å². The third kappa shape index (κ3) is 3.84. The Hall–Kier alpha value is -2.04. The fourth-order valence-electron chi connectivity index (χ4n) is 3.63. The van der Waals surface area contributed by atoms with Crippen LogP contribution in [0.3, 0.4) is 0 Å². The molecule has 2 amide bonds. The zero-order valence-electron chi connectivity index (χ0n) is 13.5. The van der Waals surface area contributed by atoms with E-state index in [0.717, 1.165) is 25.8 Å². The Bertz CT molecular complexity index is 581. The molecule has 1 aliphatic carbocycles. The van der Waals surface area contributed by atoms with Gasteiger partial charge in [-0.1, -0.05) is 25.3 Å². The molecular formula is C18H25N3O2. The lowest BCUT2D eigenvalue weighted by Crippen LogP contribution is -2.40. The summed E-state index contributed by atoms with van der Waals surface area (Å²) in [6.45, 7) is 1.38. The first-order valence-electron chi connectivity index (χ1n) is 8.58. The van der Waals surface area contributed by atoms with Gasteiger partial charge in [-0.25, -0.2) is 0 Å². The van der Waals surface area contributed by atoms with Crippen molar-refractivity contribution in [3.8, 4) is 0 Å². The van der Waals surface area contributed by atoms with E-state index in [2.05, 4.69) is 5.32 Å². The normalized spacial score (nSPS) is 22.1. The van der Waals surface area contributed by atoms with Crippen molar-refractivity contribution in [3.05, 3.63) is 29.8 Å². The van der Waals surface area contributed by atoms with Gasteiger partial charge in [0.2, 0.25) is 5.91 Å². The van der Waals surface area contributed by atoms with Crippen LogP contribution in [-0.2, 0) is 4.79 Å². The van der Waals surface area contributed by atoms with Gasteiger partial charge in [-0.2, -0.15) is 0 Å². The number of hydrogen-bond donors (Lipinski definition) is 2. The minimum atomic E-state index is -0.116. The van der Waals surface area contributed by atoms with Gasteiger partial charge in [-0.3, -0.25) is 9.59 Å². The second kappa shape index (κ2) is 7.02. The lowest BCUT2D eigenvalue weighted by atomic mass is 9.88. The molecule has 3 rings (SSSR count). The number of amides is 2. The van der Waals surface area contributed by atoms with E-state index in [1.807, 2.05) is 4.90 Å². The third-order valence-electron chi connectivity index (χ3n) is 4.94. The predicted octanol–water partition coefficient (Wildman–Crippen LogP) is 2.18. The lowest BCUT2D eigenvalue weighted by Gasteiger charge is -2.26. The van der Waals surface area contributed by atoms with E-state index in [1.54, 1.807) is 24.3 Å². The van der Waals surface area contributed by atoms with Crippen molar-refractivity contribution >= 4 is 17.5 Å². The summed E-state index contributed by atoms with van der Waals surface area (Å²) in [4.78, 5) is 26.7. The highest BCUT2D eigenvalue weighted by Gasteiger charge is 2.32. The number of carbonyl (C=O) groups is 2. The second-order valence-corrected chi connectivity index (χ2v) is 6.70. The van der Waals surface area contributed by atoms with Crippen molar-refractivity contribution in [1.82, 2.24) is 10.2 Å². The Morgan fingerprint density at radius 3 is 2.65 bits per heavy atom. The highest BCUT2D eigenvalue weighted by molar-refractivity contribution is 5.95. The van der Waals surface area contributed by atoms with E-state index in [1.165, 1.54) is 19.3 Å². The summed E-state index contributed by atoms with van der Waals surface area (Å²) in [5, 5.41) is 3.02. The number of nitrogens with one attached hydrogen (secondary N) is 1. The number of hydrogen-bond acceptors (Lipinski definition) is 3. The second-order valence-electron chi connectivity index (χ2n) is 6.70. The molecular weight excluding hydrogens is 290 g/mol. The average Bonchev–Trinajstić information content (AvgIpc) is 3.03. The van der Waals surface area contributed by atoms with Gasteiger partial charge >= 0.3 is 0 Å². The van der Waals surface area contributed by atoms with E-state index < -0.39 is 0 Å². The highest BCUT2D eigenvalue weighted by Crippen LogP contribution is 2.26. The molecule has 5 nitrogen and oxygen atoms in total. The van der Waals surface area contributed by atoms with E-state index in [0.29, 0.717) is 17.8 Å². The summed E-state index contributed by atoms with van der Waals surface area (Å²) in [5.74, 6) is 0.367. The molecule has 1 aromatic rings. The summed E-state index contributed by atoms with van der Waals surface area (Å²) in [6.07, 6.45) is 6.46. The molecule has 3 N–H and O–H groups in total. The smallest absolute Gasteiger partial charge is 0.251 e. The molecule has 0 spiro atoms. The summed E-state index contributed by atoms with van der Waals surface area (Å²) in [6, 6.07) is 7.01. The fourth-order valence-corrected chi connectivity index (χ4v) is 3.63. The maximum atomic E-state index is 12.5. The Labute approximate surface area is 137 Å². The molecule has 1 heterocycles. The number of carbonyl (C=O) groups excluding carboxylic acids is 2. The quantitative estimate of drug-likeness (QED) is 0.840. The van der Waals surface area contributed by atoms with Crippen LogP contribution in [0.2, 0.25) is 0 Å². The van der Waals surface area contributed by atoms with Crippen molar-refractivity contribution in [3.63, 3.8) is 0 Å². The van der Waals surface area contributed by atoms with Gasteiger partial charge in [0.25, 0.3) is 5.91 Å². The number of nitrogens with zero attached hydrogens (tertiary/aromatic N) is 1. The molecule has 1 aromatic carbocycles. The predicted molar refractivity (Wildman–Crippen MR) is 89.9 cm³/mol. The Morgan fingerprint density at radius 2 is 1.91 bits per heavy atom. The Balaban J connectivity index is 1.53. The van der Waals surface area contributed by atoms with Crippen molar-refractivity contribution in [1.29, 1.82) is 0 Å². The maximum absolute atomic E-state index is 12.5. The zero-order valence-corrected chi connectivity index (χ0v) is 13.5. The first-order chi connectivity index (χ1) is 11.1. The molecule has 0 bridgehead atoms.